The molecule has 0 bridgehead atoms. The highest BCUT2D eigenvalue weighted by Gasteiger charge is 2.23. The summed E-state index contributed by atoms with van der Waals surface area (Å²) in [6.07, 6.45) is 0.399. The van der Waals surface area contributed by atoms with Gasteiger partial charge in [-0.2, -0.15) is 0 Å². The van der Waals surface area contributed by atoms with Gasteiger partial charge in [-0.05, 0) is 29.8 Å². The van der Waals surface area contributed by atoms with E-state index in [0.29, 0.717) is 17.9 Å². The van der Waals surface area contributed by atoms with Crippen molar-refractivity contribution in [1.29, 1.82) is 0 Å². The van der Waals surface area contributed by atoms with Gasteiger partial charge in [-0.3, -0.25) is 9.59 Å². The molecule has 1 aromatic heterocycles. The molecule has 1 heterocycles. The number of carbonyl (C=O) groups excluding carboxylic acids is 2. The zero-order valence-electron chi connectivity index (χ0n) is 15.7. The molecule has 2 aromatic carbocycles. The fourth-order valence-corrected chi connectivity index (χ4v) is 2.88. The van der Waals surface area contributed by atoms with Crippen molar-refractivity contribution in [3.05, 3.63) is 83.6 Å². The molecular weight excluding hydrogens is 378 g/mol. The lowest BCUT2D eigenvalue weighted by atomic mass is 10.1. The summed E-state index contributed by atoms with van der Waals surface area (Å²) in [5, 5.41) is 4.97. The third kappa shape index (κ3) is 5.07. The standard InChI is InChI=1S/C22H20F2N2O3/c1-25-22(28)21(15-7-10-17(23)18(24)13-15)26-20(27)12-9-16-8-11-19(29-16)14-5-3-2-4-6-14/h2-8,10-11,13,21H,9,12H2,1H3,(H,25,28)(H,26,27)/t21-/m1/s1. The summed E-state index contributed by atoms with van der Waals surface area (Å²) in [7, 11) is 1.40. The number of likely N-dealkylation sites (N-methyl/N-ethyl adjacent to an activating group) is 1. The Morgan fingerprint density at radius 1 is 1.00 bits per heavy atom. The molecule has 150 valence electrons. The van der Waals surface area contributed by atoms with Gasteiger partial charge in [0.25, 0.3) is 0 Å². The van der Waals surface area contributed by atoms with Crippen LogP contribution >= 0.6 is 0 Å². The molecule has 2 amide bonds. The minimum Gasteiger partial charge on any atom is -0.461 e. The van der Waals surface area contributed by atoms with E-state index >= 15 is 0 Å². The second-order valence-electron chi connectivity index (χ2n) is 6.42. The highest BCUT2D eigenvalue weighted by molar-refractivity contribution is 5.88. The van der Waals surface area contributed by atoms with Crippen LogP contribution in [-0.4, -0.2) is 18.9 Å². The van der Waals surface area contributed by atoms with Gasteiger partial charge < -0.3 is 15.1 Å². The molecule has 1 atom stereocenters. The number of nitrogens with one attached hydrogen (secondary N) is 2. The Morgan fingerprint density at radius 3 is 2.45 bits per heavy atom. The Morgan fingerprint density at radius 2 is 1.76 bits per heavy atom. The molecule has 0 spiro atoms. The molecule has 0 aliphatic carbocycles. The average Bonchev–Trinajstić information content (AvgIpc) is 3.22. The van der Waals surface area contributed by atoms with Gasteiger partial charge >= 0.3 is 0 Å². The van der Waals surface area contributed by atoms with Gasteiger partial charge in [0.2, 0.25) is 11.8 Å². The molecule has 0 radical (unpaired) electrons. The Bertz CT molecular complexity index is 1000. The Kier molecular flexibility index (Phi) is 6.39. The van der Waals surface area contributed by atoms with E-state index in [9.17, 15) is 18.4 Å². The number of carbonyl (C=O) groups is 2. The number of halogens is 2. The van der Waals surface area contributed by atoms with Crippen molar-refractivity contribution >= 4 is 11.8 Å². The fourth-order valence-electron chi connectivity index (χ4n) is 2.88. The van der Waals surface area contributed by atoms with Crippen molar-refractivity contribution in [2.45, 2.75) is 18.9 Å². The maximum atomic E-state index is 13.5. The smallest absolute Gasteiger partial charge is 0.246 e. The monoisotopic (exact) mass is 398 g/mol. The molecule has 0 aliphatic rings. The summed E-state index contributed by atoms with van der Waals surface area (Å²) in [5.74, 6) is -1.73. The Labute approximate surface area is 166 Å². The highest BCUT2D eigenvalue weighted by atomic mass is 19.2. The van der Waals surface area contributed by atoms with E-state index in [4.69, 9.17) is 4.42 Å². The lowest BCUT2D eigenvalue weighted by molar-refractivity contribution is -0.128. The van der Waals surface area contributed by atoms with E-state index in [0.717, 1.165) is 17.7 Å². The average molecular weight is 398 g/mol. The third-order valence-corrected chi connectivity index (χ3v) is 4.41. The molecule has 3 rings (SSSR count). The van der Waals surface area contributed by atoms with Gasteiger partial charge in [0.15, 0.2) is 11.6 Å². The maximum Gasteiger partial charge on any atom is 0.246 e. The molecule has 7 heteroatoms. The predicted molar refractivity (Wildman–Crippen MR) is 104 cm³/mol. The van der Waals surface area contributed by atoms with Crippen LogP contribution in [0.25, 0.3) is 11.3 Å². The lowest BCUT2D eigenvalue weighted by Crippen LogP contribution is -2.39. The van der Waals surface area contributed by atoms with Gasteiger partial charge in [-0.15, -0.1) is 0 Å². The van der Waals surface area contributed by atoms with E-state index < -0.39 is 29.5 Å². The van der Waals surface area contributed by atoms with Gasteiger partial charge in [0.05, 0.1) is 0 Å². The van der Waals surface area contributed by atoms with Gasteiger partial charge in [-0.1, -0.05) is 36.4 Å². The van der Waals surface area contributed by atoms with Crippen LogP contribution in [0.4, 0.5) is 8.78 Å². The van der Waals surface area contributed by atoms with Crippen molar-refractivity contribution in [3.63, 3.8) is 0 Å². The molecule has 3 aromatic rings. The minimum absolute atomic E-state index is 0.0684. The summed E-state index contributed by atoms with van der Waals surface area (Å²) in [6, 6.07) is 15.1. The van der Waals surface area contributed by atoms with Crippen LogP contribution in [-0.2, 0) is 16.0 Å². The largest absolute Gasteiger partial charge is 0.461 e. The highest BCUT2D eigenvalue weighted by Crippen LogP contribution is 2.22. The molecule has 29 heavy (non-hydrogen) atoms. The first-order valence-corrected chi connectivity index (χ1v) is 9.08. The van der Waals surface area contributed by atoms with Gasteiger partial charge in [0.1, 0.15) is 17.6 Å². The van der Waals surface area contributed by atoms with Crippen LogP contribution in [0.3, 0.4) is 0 Å². The van der Waals surface area contributed by atoms with E-state index in [1.807, 2.05) is 36.4 Å². The van der Waals surface area contributed by atoms with Crippen molar-refractivity contribution < 1.29 is 22.8 Å². The summed E-state index contributed by atoms with van der Waals surface area (Å²) in [4.78, 5) is 24.5. The number of benzene rings is 2. The molecule has 2 N–H and O–H groups in total. The summed E-state index contributed by atoms with van der Waals surface area (Å²) >= 11 is 0. The quantitative estimate of drug-likeness (QED) is 0.637. The number of rotatable bonds is 7. The molecule has 0 fully saturated rings. The van der Waals surface area contributed by atoms with Crippen LogP contribution < -0.4 is 10.6 Å². The molecule has 0 saturated carbocycles. The summed E-state index contributed by atoms with van der Waals surface area (Å²) < 4.78 is 32.4. The zero-order chi connectivity index (χ0) is 20.8. The summed E-state index contributed by atoms with van der Waals surface area (Å²) in [5.41, 5.74) is 1.09. The topological polar surface area (TPSA) is 71.3 Å². The molecular formula is C22H20F2N2O3. The van der Waals surface area contributed by atoms with Crippen LogP contribution in [0, 0.1) is 11.6 Å². The maximum absolute atomic E-state index is 13.5. The lowest BCUT2D eigenvalue weighted by Gasteiger charge is -2.18. The van der Waals surface area contributed by atoms with Crippen LogP contribution in [0.15, 0.2) is 65.1 Å². The summed E-state index contributed by atoms with van der Waals surface area (Å²) in [6.45, 7) is 0. The SMILES string of the molecule is CNC(=O)[C@H](NC(=O)CCc1ccc(-c2ccccc2)o1)c1ccc(F)c(F)c1. The van der Waals surface area contributed by atoms with Crippen LogP contribution in [0.2, 0.25) is 0 Å². The van der Waals surface area contributed by atoms with Crippen molar-refractivity contribution in [2.75, 3.05) is 7.05 Å². The van der Waals surface area contributed by atoms with E-state index in [1.165, 1.54) is 13.1 Å². The normalized spacial score (nSPS) is 11.7. The fraction of sp³-hybridized carbons (Fsp3) is 0.182. The van der Waals surface area contributed by atoms with E-state index in [-0.39, 0.29) is 12.0 Å². The van der Waals surface area contributed by atoms with Crippen molar-refractivity contribution in [2.24, 2.45) is 0 Å². The van der Waals surface area contributed by atoms with E-state index in [2.05, 4.69) is 10.6 Å². The third-order valence-electron chi connectivity index (χ3n) is 4.41. The second-order valence-corrected chi connectivity index (χ2v) is 6.42. The van der Waals surface area contributed by atoms with Gasteiger partial charge in [-0.25, -0.2) is 8.78 Å². The second kappa shape index (κ2) is 9.14. The Balaban J connectivity index is 1.64. The van der Waals surface area contributed by atoms with Crippen LogP contribution in [0.1, 0.15) is 23.8 Å². The minimum atomic E-state index is -1.13. The Hall–Kier alpha value is -3.48. The number of furan rings is 1. The zero-order valence-corrected chi connectivity index (χ0v) is 15.7. The number of hydrogen-bond acceptors (Lipinski definition) is 3. The number of amides is 2. The molecule has 0 aliphatic heterocycles. The van der Waals surface area contributed by atoms with Crippen molar-refractivity contribution in [1.82, 2.24) is 10.6 Å². The van der Waals surface area contributed by atoms with Gasteiger partial charge in [0, 0.05) is 25.5 Å². The predicted octanol–water partition coefficient (Wildman–Crippen LogP) is 3.76. The van der Waals surface area contributed by atoms with Crippen LogP contribution in [0.5, 0.6) is 0 Å². The van der Waals surface area contributed by atoms with Crippen molar-refractivity contribution in [3.8, 4) is 11.3 Å². The number of hydrogen-bond donors (Lipinski definition) is 2. The van der Waals surface area contributed by atoms with E-state index in [1.54, 1.807) is 6.07 Å². The molecule has 0 saturated heterocycles. The first-order valence-electron chi connectivity index (χ1n) is 9.08. The molecule has 5 nitrogen and oxygen atoms in total. The first kappa shape index (κ1) is 20.3. The first-order chi connectivity index (χ1) is 14.0. The number of aryl methyl sites for hydroxylation is 1. The molecule has 0 unspecified atom stereocenters.